The molecular weight excluding hydrogens is 402 g/mol. The Hall–Kier alpha value is -2.44. The van der Waals surface area contributed by atoms with Crippen molar-refractivity contribution in [1.29, 1.82) is 0 Å². The summed E-state index contributed by atoms with van der Waals surface area (Å²) < 4.78 is 0. The van der Waals surface area contributed by atoms with Crippen LogP contribution in [0.25, 0.3) is 10.8 Å². The molecule has 0 saturated carbocycles. The standard InChI is InChI=1S/C25H33N5S/c1-18(23-10-6-8-21-7-4-5-9-24(21)23)28-25(26-3)27-15-20-11-13-30(14-12-20)16-22-17-31-19(2)29-22/h4-10,17-18,20H,11-16H2,1-3H3,(H2,26,27,28). The number of rotatable bonds is 6. The van der Waals surface area contributed by atoms with E-state index in [1.165, 1.54) is 34.9 Å². The molecule has 164 valence electrons. The van der Waals surface area contributed by atoms with Gasteiger partial charge in [-0.15, -0.1) is 11.3 Å². The number of piperidine rings is 1. The van der Waals surface area contributed by atoms with Gasteiger partial charge in [-0.3, -0.25) is 9.89 Å². The van der Waals surface area contributed by atoms with Crippen LogP contribution in [0.15, 0.2) is 52.8 Å². The lowest BCUT2D eigenvalue weighted by molar-refractivity contribution is 0.176. The Bertz CT molecular complexity index is 1010. The van der Waals surface area contributed by atoms with E-state index < -0.39 is 0 Å². The van der Waals surface area contributed by atoms with Crippen molar-refractivity contribution in [1.82, 2.24) is 20.5 Å². The van der Waals surface area contributed by atoms with E-state index in [0.29, 0.717) is 5.92 Å². The highest BCUT2D eigenvalue weighted by atomic mass is 32.1. The van der Waals surface area contributed by atoms with Crippen LogP contribution in [0.3, 0.4) is 0 Å². The smallest absolute Gasteiger partial charge is 0.191 e. The molecule has 4 rings (SSSR count). The summed E-state index contributed by atoms with van der Waals surface area (Å²) >= 11 is 1.74. The lowest BCUT2D eigenvalue weighted by Crippen LogP contribution is -2.43. The highest BCUT2D eigenvalue weighted by molar-refractivity contribution is 7.09. The van der Waals surface area contributed by atoms with Gasteiger partial charge in [0.1, 0.15) is 0 Å². The second-order valence-electron chi connectivity index (χ2n) is 8.46. The number of hydrogen-bond acceptors (Lipinski definition) is 4. The molecule has 2 heterocycles. The van der Waals surface area contributed by atoms with E-state index in [4.69, 9.17) is 0 Å². The molecule has 0 aliphatic carbocycles. The van der Waals surface area contributed by atoms with Crippen molar-refractivity contribution in [2.45, 2.75) is 39.3 Å². The van der Waals surface area contributed by atoms with Crippen molar-refractivity contribution < 1.29 is 0 Å². The molecular formula is C25H33N5S. The van der Waals surface area contributed by atoms with Crippen LogP contribution in [0.2, 0.25) is 0 Å². The number of aliphatic imine (C=N–C) groups is 1. The maximum absolute atomic E-state index is 4.61. The molecule has 0 amide bonds. The number of aromatic nitrogens is 1. The normalized spacial score (nSPS) is 17.1. The molecule has 1 atom stereocenters. The van der Waals surface area contributed by atoms with Crippen molar-refractivity contribution in [3.8, 4) is 0 Å². The van der Waals surface area contributed by atoms with Crippen LogP contribution in [0.5, 0.6) is 0 Å². The Kier molecular flexibility index (Phi) is 7.20. The molecule has 0 spiro atoms. The van der Waals surface area contributed by atoms with Crippen molar-refractivity contribution in [2.75, 3.05) is 26.7 Å². The van der Waals surface area contributed by atoms with Gasteiger partial charge in [-0.1, -0.05) is 42.5 Å². The number of hydrogen-bond donors (Lipinski definition) is 2. The first-order valence-electron chi connectivity index (χ1n) is 11.2. The number of likely N-dealkylation sites (tertiary alicyclic amines) is 1. The van der Waals surface area contributed by atoms with Crippen LogP contribution in [0.4, 0.5) is 0 Å². The minimum atomic E-state index is 0.181. The van der Waals surface area contributed by atoms with Gasteiger partial charge in [-0.2, -0.15) is 0 Å². The number of thiazole rings is 1. The predicted molar refractivity (Wildman–Crippen MR) is 132 cm³/mol. The van der Waals surface area contributed by atoms with E-state index in [1.807, 2.05) is 7.05 Å². The second-order valence-corrected chi connectivity index (χ2v) is 9.53. The Morgan fingerprint density at radius 2 is 1.97 bits per heavy atom. The fourth-order valence-electron chi connectivity index (χ4n) is 4.41. The van der Waals surface area contributed by atoms with Crippen LogP contribution in [0.1, 0.15) is 42.1 Å². The largest absolute Gasteiger partial charge is 0.356 e. The number of fused-ring (bicyclic) bond motifs is 1. The van der Waals surface area contributed by atoms with Crippen molar-refractivity contribution in [3.05, 3.63) is 64.1 Å². The molecule has 1 aliphatic heterocycles. The minimum Gasteiger partial charge on any atom is -0.356 e. The van der Waals surface area contributed by atoms with Crippen LogP contribution in [0, 0.1) is 12.8 Å². The number of guanidine groups is 1. The Morgan fingerprint density at radius 1 is 1.19 bits per heavy atom. The average Bonchev–Trinajstić information content (AvgIpc) is 3.21. The van der Waals surface area contributed by atoms with Crippen molar-refractivity contribution in [2.24, 2.45) is 10.9 Å². The maximum Gasteiger partial charge on any atom is 0.191 e. The minimum absolute atomic E-state index is 0.181. The van der Waals surface area contributed by atoms with Gasteiger partial charge in [-0.05, 0) is 62.0 Å². The summed E-state index contributed by atoms with van der Waals surface area (Å²) in [5, 5.41) is 13.1. The SMILES string of the molecule is CN=C(NCC1CCN(Cc2csc(C)n2)CC1)NC(C)c1cccc2ccccc12. The first-order chi connectivity index (χ1) is 15.1. The van der Waals surface area contributed by atoms with Gasteiger partial charge in [0, 0.05) is 25.5 Å². The molecule has 31 heavy (non-hydrogen) atoms. The third-order valence-electron chi connectivity index (χ3n) is 6.18. The Balaban J connectivity index is 1.26. The van der Waals surface area contributed by atoms with Crippen molar-refractivity contribution >= 4 is 28.1 Å². The van der Waals surface area contributed by atoms with E-state index in [1.54, 1.807) is 11.3 Å². The summed E-state index contributed by atoms with van der Waals surface area (Å²) in [4.78, 5) is 11.6. The maximum atomic E-state index is 4.61. The summed E-state index contributed by atoms with van der Waals surface area (Å²) in [5.74, 6) is 1.56. The first kappa shape index (κ1) is 21.8. The number of nitrogens with zero attached hydrogens (tertiary/aromatic N) is 3. The van der Waals surface area contributed by atoms with Crippen LogP contribution >= 0.6 is 11.3 Å². The number of nitrogens with one attached hydrogen (secondary N) is 2. The molecule has 1 aliphatic rings. The van der Waals surface area contributed by atoms with Gasteiger partial charge >= 0.3 is 0 Å². The first-order valence-corrected chi connectivity index (χ1v) is 12.1. The van der Waals surface area contributed by atoms with Crippen LogP contribution in [-0.4, -0.2) is 42.5 Å². The van der Waals surface area contributed by atoms with E-state index in [-0.39, 0.29) is 6.04 Å². The molecule has 0 radical (unpaired) electrons. The van der Waals surface area contributed by atoms with E-state index >= 15 is 0 Å². The number of benzene rings is 2. The third kappa shape index (κ3) is 5.63. The van der Waals surface area contributed by atoms with E-state index in [0.717, 1.165) is 37.1 Å². The molecule has 1 aromatic heterocycles. The quantitative estimate of drug-likeness (QED) is 0.434. The zero-order valence-corrected chi connectivity index (χ0v) is 19.6. The van der Waals surface area contributed by atoms with Gasteiger partial charge < -0.3 is 10.6 Å². The van der Waals surface area contributed by atoms with Gasteiger partial charge in [0.2, 0.25) is 0 Å². The predicted octanol–water partition coefficient (Wildman–Crippen LogP) is 4.74. The Labute approximate surface area is 189 Å². The molecule has 1 saturated heterocycles. The zero-order chi connectivity index (χ0) is 21.6. The summed E-state index contributed by atoms with van der Waals surface area (Å²) in [5.41, 5.74) is 2.51. The molecule has 2 N–H and O–H groups in total. The Morgan fingerprint density at radius 3 is 2.71 bits per heavy atom. The molecule has 1 fully saturated rings. The monoisotopic (exact) mass is 435 g/mol. The fraction of sp³-hybridized carbons (Fsp3) is 0.440. The molecule has 3 aromatic rings. The van der Waals surface area contributed by atoms with E-state index in [2.05, 4.69) is 87.2 Å². The molecule has 0 bridgehead atoms. The lowest BCUT2D eigenvalue weighted by atomic mass is 9.96. The van der Waals surface area contributed by atoms with E-state index in [9.17, 15) is 0 Å². The van der Waals surface area contributed by atoms with Crippen LogP contribution < -0.4 is 10.6 Å². The second kappa shape index (κ2) is 10.2. The fourth-order valence-corrected chi connectivity index (χ4v) is 5.01. The molecule has 5 nitrogen and oxygen atoms in total. The van der Waals surface area contributed by atoms with Gasteiger partial charge in [0.05, 0.1) is 16.7 Å². The van der Waals surface area contributed by atoms with Crippen LogP contribution in [-0.2, 0) is 6.54 Å². The number of aryl methyl sites for hydroxylation is 1. The summed E-state index contributed by atoms with van der Waals surface area (Å²) in [6, 6.07) is 15.2. The topological polar surface area (TPSA) is 52.6 Å². The zero-order valence-electron chi connectivity index (χ0n) is 18.8. The molecule has 1 unspecified atom stereocenters. The third-order valence-corrected chi connectivity index (χ3v) is 7.01. The highest BCUT2D eigenvalue weighted by Crippen LogP contribution is 2.24. The van der Waals surface area contributed by atoms with Gasteiger partial charge in [-0.25, -0.2) is 4.98 Å². The molecule has 2 aromatic carbocycles. The highest BCUT2D eigenvalue weighted by Gasteiger charge is 2.20. The lowest BCUT2D eigenvalue weighted by Gasteiger charge is -2.32. The summed E-state index contributed by atoms with van der Waals surface area (Å²) in [6.07, 6.45) is 2.43. The van der Waals surface area contributed by atoms with Gasteiger partial charge in [0.25, 0.3) is 0 Å². The average molecular weight is 436 g/mol. The molecule has 6 heteroatoms. The van der Waals surface area contributed by atoms with Gasteiger partial charge in [0.15, 0.2) is 5.96 Å². The summed E-state index contributed by atoms with van der Waals surface area (Å²) in [7, 11) is 1.85. The van der Waals surface area contributed by atoms with Crippen molar-refractivity contribution in [3.63, 3.8) is 0 Å². The summed E-state index contributed by atoms with van der Waals surface area (Å²) in [6.45, 7) is 8.51.